The first-order valence-corrected chi connectivity index (χ1v) is 9.27. The number of nitrogens with zero attached hydrogens (tertiary/aromatic N) is 3. The Kier molecular flexibility index (Phi) is 5.31. The highest BCUT2D eigenvalue weighted by Crippen LogP contribution is 2.35. The number of halogens is 1. The van der Waals surface area contributed by atoms with Gasteiger partial charge in [-0.1, -0.05) is 0 Å². The fourth-order valence-corrected chi connectivity index (χ4v) is 3.41. The second kappa shape index (κ2) is 8.04. The first kappa shape index (κ1) is 18.5. The molecule has 1 aliphatic carbocycles. The summed E-state index contributed by atoms with van der Waals surface area (Å²) in [7, 11) is 1.63. The molecule has 146 valence electrons. The predicted molar refractivity (Wildman–Crippen MR) is 104 cm³/mol. The largest absolute Gasteiger partial charge is 0.377 e. The molecule has 1 saturated carbocycles. The number of H-pyrrole nitrogens is 1. The Balaban J connectivity index is 1.52. The van der Waals surface area contributed by atoms with Crippen molar-refractivity contribution in [2.75, 3.05) is 12.4 Å². The van der Waals surface area contributed by atoms with Crippen LogP contribution in [0, 0.1) is 5.82 Å². The summed E-state index contributed by atoms with van der Waals surface area (Å²) in [6.07, 6.45) is 3.65. The summed E-state index contributed by atoms with van der Waals surface area (Å²) in [6, 6.07) is 8.56. The van der Waals surface area contributed by atoms with Gasteiger partial charge in [-0.3, -0.25) is 5.10 Å². The van der Waals surface area contributed by atoms with E-state index in [1.807, 2.05) is 6.07 Å². The molecular weight excluding hydrogens is 359 g/mol. The van der Waals surface area contributed by atoms with Gasteiger partial charge >= 0.3 is 0 Å². The molecule has 0 saturated heterocycles. The van der Waals surface area contributed by atoms with Crippen LogP contribution >= 0.6 is 0 Å². The van der Waals surface area contributed by atoms with Gasteiger partial charge in [0.15, 0.2) is 5.82 Å². The van der Waals surface area contributed by atoms with E-state index in [0.29, 0.717) is 24.9 Å². The monoisotopic (exact) mass is 382 g/mol. The van der Waals surface area contributed by atoms with Crippen molar-refractivity contribution in [3.63, 3.8) is 0 Å². The average Bonchev–Trinajstić information content (AvgIpc) is 3.13. The van der Waals surface area contributed by atoms with E-state index in [1.54, 1.807) is 25.4 Å². The molecule has 1 fully saturated rings. The Labute approximate surface area is 162 Å². The van der Waals surface area contributed by atoms with E-state index in [4.69, 9.17) is 10.5 Å². The van der Waals surface area contributed by atoms with Crippen LogP contribution < -0.4 is 11.1 Å². The number of rotatable bonds is 7. The highest BCUT2D eigenvalue weighted by atomic mass is 19.1. The molecule has 0 unspecified atom stereocenters. The van der Waals surface area contributed by atoms with Gasteiger partial charge in [0.25, 0.3) is 0 Å². The third-order valence-corrected chi connectivity index (χ3v) is 4.97. The molecule has 1 aromatic carbocycles. The van der Waals surface area contributed by atoms with Crippen LogP contribution in [0.5, 0.6) is 0 Å². The zero-order chi connectivity index (χ0) is 19.5. The van der Waals surface area contributed by atoms with Gasteiger partial charge in [0.2, 0.25) is 0 Å². The maximum absolute atomic E-state index is 13.2. The number of aromatic amines is 1. The lowest BCUT2D eigenvalue weighted by Gasteiger charge is -2.32. The number of methoxy groups -OCH3 is 1. The molecule has 0 amide bonds. The average molecular weight is 382 g/mol. The number of nitrogens with two attached hydrogens (primary N) is 1. The minimum absolute atomic E-state index is 0.256. The van der Waals surface area contributed by atoms with Crippen LogP contribution in [0.25, 0.3) is 11.3 Å². The number of benzene rings is 1. The summed E-state index contributed by atoms with van der Waals surface area (Å²) in [5.74, 6) is 1.49. The van der Waals surface area contributed by atoms with E-state index in [9.17, 15) is 4.39 Å². The number of nitrogens with one attached hydrogen (secondary N) is 2. The predicted octanol–water partition coefficient (Wildman–Crippen LogP) is 2.97. The van der Waals surface area contributed by atoms with Gasteiger partial charge in [0.05, 0.1) is 11.9 Å². The zero-order valence-electron chi connectivity index (χ0n) is 15.7. The van der Waals surface area contributed by atoms with Crippen molar-refractivity contribution in [2.45, 2.75) is 38.0 Å². The fraction of sp³-hybridized carbons (Fsp3) is 0.350. The lowest BCUT2D eigenvalue weighted by Crippen LogP contribution is -2.35. The van der Waals surface area contributed by atoms with E-state index in [2.05, 4.69) is 25.5 Å². The number of ether oxygens (including phenoxy) is 1. The van der Waals surface area contributed by atoms with Crippen molar-refractivity contribution in [3.05, 3.63) is 59.4 Å². The molecule has 1 aliphatic rings. The molecule has 7 nitrogen and oxygen atoms in total. The second-order valence-corrected chi connectivity index (χ2v) is 7.09. The maximum atomic E-state index is 13.2. The van der Waals surface area contributed by atoms with Crippen molar-refractivity contribution in [1.29, 1.82) is 0 Å². The summed E-state index contributed by atoms with van der Waals surface area (Å²) in [5, 5.41) is 10.5. The van der Waals surface area contributed by atoms with Crippen molar-refractivity contribution < 1.29 is 9.13 Å². The molecule has 0 bridgehead atoms. The Bertz CT molecular complexity index is 936. The molecule has 2 heterocycles. The van der Waals surface area contributed by atoms with Gasteiger partial charge in [-0.15, -0.1) is 0 Å². The number of hydrogen-bond donors (Lipinski definition) is 3. The molecule has 0 aliphatic heterocycles. The van der Waals surface area contributed by atoms with Crippen LogP contribution in [0.4, 0.5) is 10.2 Å². The standard InChI is InChI=1S/C20H23FN6O/c1-28-11-19-25-17(13-6-16(22)7-13)8-18(26-19)23-9-14-10-24-27-20(14)12-2-4-15(21)5-3-12/h2-5,8,10,13,16H,6-7,9,11,22H2,1H3,(H,24,27)(H,23,25,26). The normalized spacial score (nSPS) is 18.7. The Morgan fingerprint density at radius 1 is 1.25 bits per heavy atom. The first-order valence-electron chi connectivity index (χ1n) is 9.27. The molecular formula is C20H23FN6O. The molecule has 3 aromatic rings. The summed E-state index contributed by atoms with van der Waals surface area (Å²) in [5.41, 5.74) is 9.62. The maximum Gasteiger partial charge on any atom is 0.156 e. The molecule has 0 atom stereocenters. The topological polar surface area (TPSA) is 102 Å². The first-order chi connectivity index (χ1) is 13.6. The third-order valence-electron chi connectivity index (χ3n) is 4.97. The van der Waals surface area contributed by atoms with Crippen molar-refractivity contribution in [1.82, 2.24) is 20.2 Å². The Hall–Kier alpha value is -2.84. The highest BCUT2D eigenvalue weighted by molar-refractivity contribution is 5.63. The van der Waals surface area contributed by atoms with Gasteiger partial charge in [-0.05, 0) is 37.1 Å². The number of anilines is 1. The third kappa shape index (κ3) is 4.02. The van der Waals surface area contributed by atoms with Crippen LogP contribution in [0.1, 0.15) is 35.8 Å². The van der Waals surface area contributed by atoms with E-state index in [0.717, 1.165) is 41.2 Å². The lowest BCUT2D eigenvalue weighted by atomic mass is 9.78. The molecule has 0 radical (unpaired) electrons. The minimum Gasteiger partial charge on any atom is -0.377 e. The fourth-order valence-electron chi connectivity index (χ4n) is 3.41. The van der Waals surface area contributed by atoms with Gasteiger partial charge in [-0.25, -0.2) is 14.4 Å². The quantitative estimate of drug-likeness (QED) is 0.581. The SMILES string of the molecule is COCc1nc(NCc2cn[nH]c2-c2ccc(F)cc2)cc(C2CC(N)C2)n1. The lowest BCUT2D eigenvalue weighted by molar-refractivity contribution is 0.177. The van der Waals surface area contributed by atoms with E-state index < -0.39 is 0 Å². The summed E-state index contributed by atoms with van der Waals surface area (Å²) < 4.78 is 18.4. The molecule has 4 rings (SSSR count). The van der Waals surface area contributed by atoms with Gasteiger partial charge in [0.1, 0.15) is 18.2 Å². The second-order valence-electron chi connectivity index (χ2n) is 7.09. The van der Waals surface area contributed by atoms with Gasteiger partial charge < -0.3 is 15.8 Å². The van der Waals surface area contributed by atoms with Crippen molar-refractivity contribution >= 4 is 5.82 Å². The van der Waals surface area contributed by atoms with Crippen LogP contribution in [0.3, 0.4) is 0 Å². The van der Waals surface area contributed by atoms with E-state index in [-0.39, 0.29) is 11.9 Å². The van der Waals surface area contributed by atoms with E-state index in [1.165, 1.54) is 12.1 Å². The van der Waals surface area contributed by atoms with Crippen LogP contribution in [0.2, 0.25) is 0 Å². The summed E-state index contributed by atoms with van der Waals surface area (Å²) >= 11 is 0. The summed E-state index contributed by atoms with van der Waals surface area (Å²) in [6.45, 7) is 0.879. The smallest absolute Gasteiger partial charge is 0.156 e. The Morgan fingerprint density at radius 3 is 2.75 bits per heavy atom. The van der Waals surface area contributed by atoms with Crippen LogP contribution in [-0.4, -0.2) is 33.3 Å². The number of hydrogen-bond acceptors (Lipinski definition) is 6. The number of aromatic nitrogens is 4. The van der Waals surface area contributed by atoms with Crippen LogP contribution in [0.15, 0.2) is 36.5 Å². The van der Waals surface area contributed by atoms with Crippen molar-refractivity contribution in [3.8, 4) is 11.3 Å². The van der Waals surface area contributed by atoms with Crippen LogP contribution in [-0.2, 0) is 17.9 Å². The summed E-state index contributed by atoms with van der Waals surface area (Å²) in [4.78, 5) is 9.15. The highest BCUT2D eigenvalue weighted by Gasteiger charge is 2.29. The van der Waals surface area contributed by atoms with E-state index >= 15 is 0 Å². The minimum atomic E-state index is -0.266. The molecule has 28 heavy (non-hydrogen) atoms. The van der Waals surface area contributed by atoms with Gasteiger partial charge in [0, 0.05) is 48.5 Å². The molecule has 8 heteroatoms. The Morgan fingerprint density at radius 2 is 2.04 bits per heavy atom. The molecule has 0 spiro atoms. The molecule has 4 N–H and O–H groups in total. The van der Waals surface area contributed by atoms with Crippen molar-refractivity contribution in [2.24, 2.45) is 5.73 Å². The van der Waals surface area contributed by atoms with Gasteiger partial charge in [-0.2, -0.15) is 5.10 Å². The zero-order valence-corrected chi connectivity index (χ0v) is 15.7. The molecule has 2 aromatic heterocycles.